The second kappa shape index (κ2) is 11.7. The number of rotatable bonds is 10. The van der Waals surface area contributed by atoms with Gasteiger partial charge in [0.1, 0.15) is 17.1 Å². The molecular weight excluding hydrogens is 453 g/mol. The molecule has 0 aliphatic carbocycles. The minimum atomic E-state index is -2.93. The molecule has 2 heterocycles. The zero-order valence-electron chi connectivity index (χ0n) is 19.1. The van der Waals surface area contributed by atoms with Crippen LogP contribution in [0.2, 0.25) is 5.82 Å². The number of ether oxygens (including phenoxy) is 3. The highest BCUT2D eigenvalue weighted by atomic mass is 19.3. The Kier molecular flexibility index (Phi) is 9.01. The molecule has 34 heavy (non-hydrogen) atoms. The summed E-state index contributed by atoms with van der Waals surface area (Å²) in [5.41, 5.74) is 0.627. The first-order chi connectivity index (χ1) is 16.1. The molecule has 2 aliphatic rings. The fourth-order valence-corrected chi connectivity index (χ4v) is 4.04. The van der Waals surface area contributed by atoms with Crippen LogP contribution in [-0.4, -0.2) is 55.8 Å². The van der Waals surface area contributed by atoms with Gasteiger partial charge in [-0.25, -0.2) is 13.6 Å². The highest BCUT2D eigenvalue weighted by molar-refractivity contribution is 6.47. The van der Waals surface area contributed by atoms with Gasteiger partial charge < -0.3 is 23.9 Å². The SMILES string of the molecule is CC(F)(F)CCC(=O)C[C@H]1Cc2cccc(C(=O)OCOC(=O)CC3CCOCC3)c2OB1O. The van der Waals surface area contributed by atoms with Crippen LogP contribution in [0.5, 0.6) is 5.75 Å². The molecule has 0 radical (unpaired) electrons. The molecule has 1 N–H and O–H groups in total. The third kappa shape index (κ3) is 7.77. The van der Waals surface area contributed by atoms with E-state index in [0.717, 1.165) is 19.8 Å². The molecule has 0 spiro atoms. The molecule has 0 saturated carbocycles. The fraction of sp³-hybridized carbons (Fsp3) is 0.609. The average molecular weight is 482 g/mol. The van der Waals surface area contributed by atoms with Crippen LogP contribution in [0.3, 0.4) is 0 Å². The Morgan fingerprint density at radius 1 is 1.18 bits per heavy atom. The molecule has 2 aliphatic heterocycles. The number of hydrogen-bond donors (Lipinski definition) is 1. The summed E-state index contributed by atoms with van der Waals surface area (Å²) in [4.78, 5) is 36.5. The molecule has 0 unspecified atom stereocenters. The van der Waals surface area contributed by atoms with E-state index in [4.69, 9.17) is 18.9 Å². The van der Waals surface area contributed by atoms with E-state index in [1.165, 1.54) is 6.07 Å². The number of halogens is 2. The number of carbonyl (C=O) groups excluding carboxylic acids is 3. The number of hydrogen-bond acceptors (Lipinski definition) is 8. The van der Waals surface area contributed by atoms with E-state index >= 15 is 0 Å². The summed E-state index contributed by atoms with van der Waals surface area (Å²) in [5.74, 6) is -4.89. The number of fused-ring (bicyclic) bond motifs is 1. The van der Waals surface area contributed by atoms with E-state index in [9.17, 15) is 28.2 Å². The number of alkyl halides is 2. The van der Waals surface area contributed by atoms with Crippen molar-refractivity contribution in [1.29, 1.82) is 0 Å². The molecule has 0 aromatic heterocycles. The summed E-state index contributed by atoms with van der Waals surface area (Å²) in [6.45, 7) is 1.43. The molecule has 1 fully saturated rings. The van der Waals surface area contributed by atoms with Crippen molar-refractivity contribution in [3.8, 4) is 5.75 Å². The van der Waals surface area contributed by atoms with Gasteiger partial charge in [-0.1, -0.05) is 12.1 Å². The molecule has 11 heteroatoms. The van der Waals surface area contributed by atoms with Gasteiger partial charge in [-0.2, -0.15) is 0 Å². The number of benzene rings is 1. The van der Waals surface area contributed by atoms with Gasteiger partial charge in [0.15, 0.2) is 0 Å². The smallest absolute Gasteiger partial charge is 0.526 e. The van der Waals surface area contributed by atoms with Crippen LogP contribution in [0, 0.1) is 5.92 Å². The predicted molar refractivity (Wildman–Crippen MR) is 117 cm³/mol. The summed E-state index contributed by atoms with van der Waals surface area (Å²) in [6.07, 6.45) is 1.05. The Hall–Kier alpha value is -2.53. The largest absolute Gasteiger partial charge is 0.535 e. The standard InChI is InChI=1S/C23H29BF2O8/c1-23(25,26)8-5-18(27)13-17-12-16-3-2-4-19(21(16)34-24(17)30)22(29)33-14-32-20(28)11-15-6-9-31-10-7-15/h2-4,15,17,30H,5-14H2,1H3/t17-/m1/s1. The second-order valence-corrected chi connectivity index (χ2v) is 8.91. The molecule has 186 valence electrons. The van der Waals surface area contributed by atoms with Crippen molar-refractivity contribution in [2.45, 2.75) is 63.6 Å². The van der Waals surface area contributed by atoms with Crippen molar-refractivity contribution in [3.05, 3.63) is 29.3 Å². The summed E-state index contributed by atoms with van der Waals surface area (Å²) >= 11 is 0. The van der Waals surface area contributed by atoms with Gasteiger partial charge in [0.2, 0.25) is 12.7 Å². The number of carbonyl (C=O) groups is 3. The van der Waals surface area contributed by atoms with E-state index < -0.39 is 49.8 Å². The van der Waals surface area contributed by atoms with Gasteiger partial charge in [0.25, 0.3) is 0 Å². The fourth-order valence-electron chi connectivity index (χ4n) is 4.04. The lowest BCUT2D eigenvalue weighted by molar-refractivity contribution is -0.154. The lowest BCUT2D eigenvalue weighted by Gasteiger charge is -2.28. The van der Waals surface area contributed by atoms with E-state index in [-0.39, 0.29) is 42.9 Å². The number of para-hydroxylation sites is 1. The Morgan fingerprint density at radius 2 is 1.91 bits per heavy atom. The Morgan fingerprint density at radius 3 is 2.62 bits per heavy atom. The number of Topliss-reactive ketones (excluding diaryl/α,β-unsaturated/α-hetero) is 1. The molecule has 1 aromatic carbocycles. The Balaban J connectivity index is 1.51. The van der Waals surface area contributed by atoms with Crippen molar-refractivity contribution < 1.29 is 47.1 Å². The van der Waals surface area contributed by atoms with Gasteiger partial charge >= 0.3 is 19.1 Å². The van der Waals surface area contributed by atoms with E-state index in [2.05, 4.69) is 0 Å². The van der Waals surface area contributed by atoms with Crippen LogP contribution in [0.1, 0.15) is 61.4 Å². The van der Waals surface area contributed by atoms with Gasteiger partial charge in [0.05, 0.1) is 0 Å². The minimum Gasteiger partial charge on any atom is -0.535 e. The number of esters is 2. The summed E-state index contributed by atoms with van der Waals surface area (Å²) < 4.78 is 46.8. The van der Waals surface area contributed by atoms with Crippen molar-refractivity contribution in [2.24, 2.45) is 5.92 Å². The van der Waals surface area contributed by atoms with Gasteiger partial charge in [0, 0.05) is 44.7 Å². The van der Waals surface area contributed by atoms with Crippen molar-refractivity contribution >= 4 is 24.8 Å². The maximum absolute atomic E-state index is 13.0. The van der Waals surface area contributed by atoms with Gasteiger partial charge in [-0.3, -0.25) is 9.59 Å². The predicted octanol–water partition coefficient (Wildman–Crippen LogP) is 3.34. The van der Waals surface area contributed by atoms with E-state index in [1.807, 2.05) is 0 Å². The van der Waals surface area contributed by atoms with Crippen LogP contribution in [0.4, 0.5) is 8.78 Å². The van der Waals surface area contributed by atoms with Crippen LogP contribution in [-0.2, 0) is 30.2 Å². The normalized spacial score (nSPS) is 18.6. The van der Waals surface area contributed by atoms with Crippen molar-refractivity contribution in [1.82, 2.24) is 0 Å². The Bertz CT molecular complexity index is 882. The quantitative estimate of drug-likeness (QED) is 0.308. The lowest BCUT2D eigenvalue weighted by Crippen LogP contribution is -2.36. The highest BCUT2D eigenvalue weighted by Gasteiger charge is 2.38. The zero-order chi connectivity index (χ0) is 24.7. The summed E-state index contributed by atoms with van der Waals surface area (Å²) in [7, 11) is -1.38. The van der Waals surface area contributed by atoms with Crippen LogP contribution in [0.15, 0.2) is 18.2 Å². The molecule has 1 aromatic rings. The molecule has 0 amide bonds. The summed E-state index contributed by atoms with van der Waals surface area (Å²) in [6, 6.07) is 4.74. The summed E-state index contributed by atoms with van der Waals surface area (Å²) in [5, 5.41) is 10.4. The first-order valence-electron chi connectivity index (χ1n) is 11.4. The average Bonchev–Trinajstić information content (AvgIpc) is 2.78. The monoisotopic (exact) mass is 482 g/mol. The maximum atomic E-state index is 13.0. The third-order valence-electron chi connectivity index (χ3n) is 5.98. The number of ketones is 1. The first-order valence-corrected chi connectivity index (χ1v) is 11.4. The molecule has 8 nitrogen and oxygen atoms in total. The van der Waals surface area contributed by atoms with Crippen LogP contribution in [0.25, 0.3) is 0 Å². The van der Waals surface area contributed by atoms with Crippen LogP contribution < -0.4 is 4.65 Å². The second-order valence-electron chi connectivity index (χ2n) is 8.91. The van der Waals surface area contributed by atoms with Crippen molar-refractivity contribution in [2.75, 3.05) is 20.0 Å². The molecule has 3 rings (SSSR count). The Labute approximate surface area is 197 Å². The molecule has 1 saturated heterocycles. The third-order valence-corrected chi connectivity index (χ3v) is 5.98. The lowest BCUT2D eigenvalue weighted by atomic mass is 9.64. The highest BCUT2D eigenvalue weighted by Crippen LogP contribution is 2.37. The first kappa shape index (κ1) is 26.1. The molecule has 1 atom stereocenters. The molecule has 0 bridgehead atoms. The minimum absolute atomic E-state index is 0.0485. The van der Waals surface area contributed by atoms with E-state index in [0.29, 0.717) is 18.8 Å². The van der Waals surface area contributed by atoms with Gasteiger partial charge in [-0.15, -0.1) is 0 Å². The molecular formula is C23H29BF2O8. The van der Waals surface area contributed by atoms with Gasteiger partial charge in [-0.05, 0) is 43.7 Å². The van der Waals surface area contributed by atoms with E-state index in [1.54, 1.807) is 12.1 Å². The maximum Gasteiger partial charge on any atom is 0.526 e. The zero-order valence-corrected chi connectivity index (χ0v) is 19.1. The van der Waals surface area contributed by atoms with Crippen LogP contribution >= 0.6 is 0 Å². The topological polar surface area (TPSA) is 108 Å². The van der Waals surface area contributed by atoms with Crippen molar-refractivity contribution in [3.63, 3.8) is 0 Å².